The Kier molecular flexibility index (Phi) is 13.3. The summed E-state index contributed by atoms with van der Waals surface area (Å²) < 4.78 is 0. The highest BCUT2D eigenvalue weighted by molar-refractivity contribution is 5.93. The second-order valence-corrected chi connectivity index (χ2v) is 9.65. The molecular weight excluding hydrogens is 384 g/mol. The second-order valence-electron chi connectivity index (χ2n) is 9.65. The number of unbranched alkanes of at least 4 members (excludes halogenated alkanes) is 11. The first kappa shape index (κ1) is 25.6. The van der Waals surface area contributed by atoms with Crippen molar-refractivity contribution in [3.63, 3.8) is 0 Å². The van der Waals surface area contributed by atoms with Gasteiger partial charge in [-0.05, 0) is 25.2 Å². The minimum atomic E-state index is 0.0608. The van der Waals surface area contributed by atoms with E-state index in [1.165, 1.54) is 77.0 Å². The van der Waals surface area contributed by atoms with Crippen molar-refractivity contribution in [2.24, 2.45) is 5.92 Å². The average Bonchev–Trinajstić information content (AvgIpc) is 3.31. The zero-order valence-electron chi connectivity index (χ0n) is 20.2. The molecule has 0 saturated carbocycles. The molecule has 1 amide bonds. The van der Waals surface area contributed by atoms with E-state index in [0.29, 0.717) is 11.5 Å². The summed E-state index contributed by atoms with van der Waals surface area (Å²) in [4.78, 5) is 22.8. The van der Waals surface area contributed by atoms with Gasteiger partial charge in [0.2, 0.25) is 5.95 Å². The lowest BCUT2D eigenvalue weighted by Crippen LogP contribution is -2.27. The first-order valence-electron chi connectivity index (χ1n) is 13.0. The second kappa shape index (κ2) is 16.0. The van der Waals surface area contributed by atoms with E-state index in [4.69, 9.17) is 0 Å². The molecule has 1 aliphatic rings. The van der Waals surface area contributed by atoms with Crippen molar-refractivity contribution >= 4 is 11.9 Å². The van der Waals surface area contributed by atoms with Crippen LogP contribution in [0.1, 0.15) is 121 Å². The lowest BCUT2D eigenvalue weighted by molar-refractivity contribution is 0.0792. The topological polar surface area (TPSA) is 58.1 Å². The molecule has 1 N–H and O–H groups in total. The van der Waals surface area contributed by atoms with E-state index in [0.717, 1.165) is 44.8 Å². The van der Waals surface area contributed by atoms with Gasteiger partial charge in [0.25, 0.3) is 5.91 Å². The van der Waals surface area contributed by atoms with Crippen molar-refractivity contribution in [1.29, 1.82) is 0 Å². The minimum absolute atomic E-state index is 0.0608. The van der Waals surface area contributed by atoms with E-state index in [1.807, 2.05) is 4.90 Å². The van der Waals surface area contributed by atoms with E-state index < -0.39 is 0 Å². The van der Waals surface area contributed by atoms with Gasteiger partial charge in [0.05, 0.1) is 5.56 Å². The molecule has 5 nitrogen and oxygen atoms in total. The Balaban J connectivity index is 1.37. The van der Waals surface area contributed by atoms with Gasteiger partial charge >= 0.3 is 0 Å². The fourth-order valence-electron chi connectivity index (χ4n) is 4.28. The highest BCUT2D eigenvalue weighted by Crippen LogP contribution is 2.15. The number of nitrogens with zero attached hydrogens (tertiary/aromatic N) is 3. The first-order valence-corrected chi connectivity index (χ1v) is 13.0. The molecule has 1 aromatic heterocycles. The summed E-state index contributed by atoms with van der Waals surface area (Å²) >= 11 is 0. The van der Waals surface area contributed by atoms with Crippen LogP contribution in [-0.4, -0.2) is 40.4 Å². The van der Waals surface area contributed by atoms with Crippen molar-refractivity contribution in [3.8, 4) is 0 Å². The third-order valence-corrected chi connectivity index (χ3v) is 6.28. The maximum atomic E-state index is 12.3. The van der Waals surface area contributed by atoms with E-state index in [9.17, 15) is 4.79 Å². The summed E-state index contributed by atoms with van der Waals surface area (Å²) in [6, 6.07) is 0. The Hall–Kier alpha value is -1.65. The Morgan fingerprint density at radius 2 is 1.32 bits per heavy atom. The standard InChI is InChI=1S/C26H46N4O/c1-23(2)17-13-11-9-7-5-3-4-6-8-10-12-14-18-27-26-28-21-24(22-29-26)25(31)30-19-15-16-20-30/h21-23H,3-20H2,1-2H3,(H,27,28,29). The molecule has 1 saturated heterocycles. The quantitative estimate of drug-likeness (QED) is 0.274. The number of rotatable bonds is 17. The average molecular weight is 431 g/mol. The number of carbonyl (C=O) groups is 1. The molecule has 31 heavy (non-hydrogen) atoms. The maximum absolute atomic E-state index is 12.3. The van der Waals surface area contributed by atoms with Crippen LogP contribution in [0, 0.1) is 5.92 Å². The Morgan fingerprint density at radius 1 is 0.839 bits per heavy atom. The molecule has 0 spiro atoms. The number of nitrogens with one attached hydrogen (secondary N) is 1. The largest absolute Gasteiger partial charge is 0.354 e. The van der Waals surface area contributed by atoms with Crippen LogP contribution in [0.3, 0.4) is 0 Å². The van der Waals surface area contributed by atoms with Gasteiger partial charge in [0.1, 0.15) is 0 Å². The zero-order chi connectivity index (χ0) is 22.2. The van der Waals surface area contributed by atoms with Gasteiger partial charge in [-0.3, -0.25) is 4.79 Å². The summed E-state index contributed by atoms with van der Waals surface area (Å²) in [7, 11) is 0. The van der Waals surface area contributed by atoms with Gasteiger partial charge < -0.3 is 10.2 Å². The number of carbonyl (C=O) groups excluding carboxylic acids is 1. The molecule has 0 atom stereocenters. The van der Waals surface area contributed by atoms with Crippen molar-refractivity contribution in [2.45, 2.75) is 110 Å². The lowest BCUT2D eigenvalue weighted by Gasteiger charge is -2.14. The highest BCUT2D eigenvalue weighted by atomic mass is 16.2. The summed E-state index contributed by atoms with van der Waals surface area (Å²) in [6.45, 7) is 7.26. The molecule has 5 heteroatoms. The molecule has 176 valence electrons. The molecule has 0 radical (unpaired) electrons. The number of hydrogen-bond donors (Lipinski definition) is 1. The molecule has 1 aromatic rings. The highest BCUT2D eigenvalue weighted by Gasteiger charge is 2.19. The molecule has 0 aromatic carbocycles. The summed E-state index contributed by atoms with van der Waals surface area (Å²) in [5.74, 6) is 1.56. The number of hydrogen-bond acceptors (Lipinski definition) is 4. The number of amides is 1. The monoisotopic (exact) mass is 430 g/mol. The summed E-state index contributed by atoms with van der Waals surface area (Å²) in [5, 5.41) is 3.28. The van der Waals surface area contributed by atoms with Crippen LogP contribution in [0.2, 0.25) is 0 Å². The van der Waals surface area contributed by atoms with Crippen LogP contribution in [-0.2, 0) is 0 Å². The molecule has 2 heterocycles. The third kappa shape index (κ3) is 11.5. The van der Waals surface area contributed by atoms with Crippen LogP contribution >= 0.6 is 0 Å². The smallest absolute Gasteiger partial charge is 0.256 e. The van der Waals surface area contributed by atoms with E-state index in [1.54, 1.807) is 12.4 Å². The Labute approximate surface area is 190 Å². The van der Waals surface area contributed by atoms with Gasteiger partial charge in [0, 0.05) is 32.0 Å². The Morgan fingerprint density at radius 3 is 1.84 bits per heavy atom. The van der Waals surface area contributed by atoms with Crippen LogP contribution in [0.5, 0.6) is 0 Å². The molecule has 1 aliphatic heterocycles. The van der Waals surface area contributed by atoms with Gasteiger partial charge in [-0.15, -0.1) is 0 Å². The van der Waals surface area contributed by atoms with Gasteiger partial charge in [-0.25, -0.2) is 9.97 Å². The first-order chi connectivity index (χ1) is 15.2. The minimum Gasteiger partial charge on any atom is -0.354 e. The summed E-state index contributed by atoms with van der Waals surface area (Å²) in [5.41, 5.74) is 0.596. The van der Waals surface area contributed by atoms with Crippen LogP contribution in [0.4, 0.5) is 5.95 Å². The van der Waals surface area contributed by atoms with Crippen molar-refractivity contribution in [2.75, 3.05) is 25.0 Å². The normalized spacial score (nSPS) is 13.8. The molecule has 2 rings (SSSR count). The van der Waals surface area contributed by atoms with Crippen LogP contribution in [0.15, 0.2) is 12.4 Å². The van der Waals surface area contributed by atoms with E-state index in [2.05, 4.69) is 29.1 Å². The van der Waals surface area contributed by atoms with Gasteiger partial charge in [-0.1, -0.05) is 90.9 Å². The van der Waals surface area contributed by atoms with Crippen LogP contribution in [0.25, 0.3) is 0 Å². The number of aromatic nitrogens is 2. The Bertz CT molecular complexity index is 582. The van der Waals surface area contributed by atoms with Crippen LogP contribution < -0.4 is 5.32 Å². The van der Waals surface area contributed by atoms with Gasteiger partial charge in [-0.2, -0.15) is 0 Å². The van der Waals surface area contributed by atoms with Crippen molar-refractivity contribution in [3.05, 3.63) is 18.0 Å². The predicted molar refractivity (Wildman–Crippen MR) is 131 cm³/mol. The third-order valence-electron chi connectivity index (χ3n) is 6.28. The van der Waals surface area contributed by atoms with Crippen molar-refractivity contribution in [1.82, 2.24) is 14.9 Å². The predicted octanol–water partition coefficient (Wildman–Crippen LogP) is 6.85. The summed E-state index contributed by atoms with van der Waals surface area (Å²) in [6.07, 6.45) is 23.3. The fraction of sp³-hybridized carbons (Fsp3) is 0.808. The fourth-order valence-corrected chi connectivity index (χ4v) is 4.28. The zero-order valence-corrected chi connectivity index (χ0v) is 20.2. The maximum Gasteiger partial charge on any atom is 0.256 e. The van der Waals surface area contributed by atoms with E-state index in [-0.39, 0.29) is 5.91 Å². The van der Waals surface area contributed by atoms with E-state index >= 15 is 0 Å². The molecular formula is C26H46N4O. The lowest BCUT2D eigenvalue weighted by atomic mass is 10.0. The molecule has 0 aliphatic carbocycles. The van der Waals surface area contributed by atoms with Crippen molar-refractivity contribution < 1.29 is 4.79 Å². The number of anilines is 1. The van der Waals surface area contributed by atoms with Gasteiger partial charge in [0.15, 0.2) is 0 Å². The SMILES string of the molecule is CC(C)CCCCCCCCCCCCCCNc1ncc(C(=O)N2CCCC2)cn1. The molecule has 0 unspecified atom stereocenters. The number of likely N-dealkylation sites (tertiary alicyclic amines) is 1. The molecule has 1 fully saturated rings. The molecule has 0 bridgehead atoms.